The summed E-state index contributed by atoms with van der Waals surface area (Å²) in [6, 6.07) is 10.2. The zero-order valence-corrected chi connectivity index (χ0v) is 9.11. The van der Waals surface area contributed by atoms with E-state index in [0.29, 0.717) is 5.82 Å². The molecular weight excluding hydrogens is 198 g/mol. The monoisotopic (exact) mass is 213 g/mol. The molecule has 1 aliphatic rings. The number of hydrogen-bond acceptors (Lipinski definition) is 2. The van der Waals surface area contributed by atoms with Gasteiger partial charge in [-0.1, -0.05) is 30.3 Å². The van der Waals surface area contributed by atoms with E-state index in [0.717, 1.165) is 23.5 Å². The highest BCUT2D eigenvalue weighted by atomic mass is 15.2. The van der Waals surface area contributed by atoms with Gasteiger partial charge in [0, 0.05) is 11.3 Å². The first kappa shape index (κ1) is 9.46. The topological polar surface area (TPSA) is 54.7 Å². The van der Waals surface area contributed by atoms with Crippen molar-refractivity contribution in [3.8, 4) is 11.1 Å². The summed E-state index contributed by atoms with van der Waals surface area (Å²) in [4.78, 5) is 0. The van der Waals surface area contributed by atoms with Gasteiger partial charge >= 0.3 is 0 Å². The molecule has 1 heterocycles. The normalized spacial score (nSPS) is 15.2. The molecule has 3 N–H and O–H groups in total. The fourth-order valence-electron chi connectivity index (χ4n) is 2.08. The van der Waals surface area contributed by atoms with Crippen LogP contribution in [0.3, 0.4) is 0 Å². The number of anilines is 1. The minimum absolute atomic E-state index is 0.613. The SMILES string of the molecule is Nc1n[nH]c(CC2CC2)c1-c1ccccc1. The van der Waals surface area contributed by atoms with Crippen LogP contribution in [0.5, 0.6) is 0 Å². The van der Waals surface area contributed by atoms with E-state index >= 15 is 0 Å². The van der Waals surface area contributed by atoms with Crippen LogP contribution in [0.15, 0.2) is 30.3 Å². The molecule has 1 aromatic heterocycles. The second kappa shape index (κ2) is 3.67. The minimum Gasteiger partial charge on any atom is -0.382 e. The molecule has 1 aliphatic carbocycles. The van der Waals surface area contributed by atoms with Crippen molar-refractivity contribution >= 4 is 5.82 Å². The van der Waals surface area contributed by atoms with Crippen LogP contribution in [0.4, 0.5) is 5.82 Å². The van der Waals surface area contributed by atoms with Gasteiger partial charge in [0.15, 0.2) is 5.82 Å². The molecule has 1 fully saturated rings. The zero-order chi connectivity index (χ0) is 11.0. The number of rotatable bonds is 3. The van der Waals surface area contributed by atoms with Gasteiger partial charge in [-0.15, -0.1) is 0 Å². The standard InChI is InChI=1S/C13H15N3/c14-13-12(10-4-2-1-3-5-10)11(15-16-13)8-9-6-7-9/h1-5,9H,6-8H2,(H3,14,15,16). The molecular formula is C13H15N3. The van der Waals surface area contributed by atoms with Crippen LogP contribution in [0.25, 0.3) is 11.1 Å². The molecule has 0 radical (unpaired) electrons. The third-order valence-corrected chi connectivity index (χ3v) is 3.12. The third-order valence-electron chi connectivity index (χ3n) is 3.12. The van der Waals surface area contributed by atoms with Crippen LogP contribution in [0.1, 0.15) is 18.5 Å². The van der Waals surface area contributed by atoms with E-state index < -0.39 is 0 Å². The molecule has 1 saturated carbocycles. The van der Waals surface area contributed by atoms with Crippen molar-refractivity contribution in [1.82, 2.24) is 10.2 Å². The molecule has 0 aliphatic heterocycles. The maximum atomic E-state index is 5.93. The van der Waals surface area contributed by atoms with Crippen LogP contribution in [0, 0.1) is 5.92 Å². The summed E-state index contributed by atoms with van der Waals surface area (Å²) in [7, 11) is 0. The highest BCUT2D eigenvalue weighted by Crippen LogP contribution is 2.36. The summed E-state index contributed by atoms with van der Waals surface area (Å²) in [5.74, 6) is 1.45. The van der Waals surface area contributed by atoms with E-state index in [1.54, 1.807) is 0 Å². The van der Waals surface area contributed by atoms with Gasteiger partial charge in [0.25, 0.3) is 0 Å². The summed E-state index contributed by atoms with van der Waals surface area (Å²) in [5.41, 5.74) is 9.36. The second-order valence-corrected chi connectivity index (χ2v) is 4.48. The van der Waals surface area contributed by atoms with E-state index in [1.165, 1.54) is 18.5 Å². The quantitative estimate of drug-likeness (QED) is 0.823. The summed E-state index contributed by atoms with van der Waals surface area (Å²) in [6.45, 7) is 0. The van der Waals surface area contributed by atoms with Gasteiger partial charge in [-0.2, -0.15) is 5.10 Å². The number of H-pyrrole nitrogens is 1. The van der Waals surface area contributed by atoms with Crippen LogP contribution in [0.2, 0.25) is 0 Å². The molecule has 0 amide bonds. The van der Waals surface area contributed by atoms with E-state index in [9.17, 15) is 0 Å². The van der Waals surface area contributed by atoms with Crippen molar-refractivity contribution < 1.29 is 0 Å². The Bertz CT molecular complexity index is 483. The van der Waals surface area contributed by atoms with Gasteiger partial charge in [-0.25, -0.2) is 0 Å². The molecule has 0 spiro atoms. The van der Waals surface area contributed by atoms with Gasteiger partial charge in [0.2, 0.25) is 0 Å². The maximum absolute atomic E-state index is 5.93. The summed E-state index contributed by atoms with van der Waals surface area (Å²) < 4.78 is 0. The number of nitrogen functional groups attached to an aromatic ring is 1. The highest BCUT2D eigenvalue weighted by molar-refractivity contribution is 5.76. The number of nitrogens with two attached hydrogens (primary N) is 1. The first-order valence-corrected chi connectivity index (χ1v) is 5.72. The van der Waals surface area contributed by atoms with Gasteiger partial charge in [0.1, 0.15) is 0 Å². The summed E-state index contributed by atoms with van der Waals surface area (Å²) >= 11 is 0. The molecule has 82 valence electrons. The van der Waals surface area contributed by atoms with Crippen LogP contribution < -0.4 is 5.73 Å². The average Bonchev–Trinajstić information content (AvgIpc) is 3.04. The van der Waals surface area contributed by atoms with Crippen molar-refractivity contribution in [2.24, 2.45) is 5.92 Å². The number of hydrogen-bond donors (Lipinski definition) is 2. The number of benzene rings is 1. The lowest BCUT2D eigenvalue weighted by Gasteiger charge is -2.03. The minimum atomic E-state index is 0.613. The third kappa shape index (κ3) is 1.69. The lowest BCUT2D eigenvalue weighted by molar-refractivity contribution is 0.798. The Hall–Kier alpha value is -1.77. The Morgan fingerprint density at radius 3 is 2.69 bits per heavy atom. The lowest BCUT2D eigenvalue weighted by atomic mass is 10.0. The van der Waals surface area contributed by atoms with E-state index in [2.05, 4.69) is 22.3 Å². The van der Waals surface area contributed by atoms with Crippen molar-refractivity contribution in [2.75, 3.05) is 5.73 Å². The molecule has 3 nitrogen and oxygen atoms in total. The number of aromatic amines is 1. The van der Waals surface area contributed by atoms with Crippen molar-refractivity contribution in [3.63, 3.8) is 0 Å². The maximum Gasteiger partial charge on any atom is 0.153 e. The zero-order valence-electron chi connectivity index (χ0n) is 9.11. The van der Waals surface area contributed by atoms with E-state index in [-0.39, 0.29) is 0 Å². The first-order chi connectivity index (χ1) is 7.84. The summed E-state index contributed by atoms with van der Waals surface area (Å²) in [6.07, 6.45) is 3.76. The molecule has 0 atom stereocenters. The molecule has 0 unspecified atom stereocenters. The van der Waals surface area contributed by atoms with Gasteiger partial charge in [0.05, 0.1) is 0 Å². The van der Waals surface area contributed by atoms with E-state index in [1.807, 2.05) is 18.2 Å². The van der Waals surface area contributed by atoms with Crippen LogP contribution >= 0.6 is 0 Å². The average molecular weight is 213 g/mol. The summed E-state index contributed by atoms with van der Waals surface area (Å²) in [5, 5.41) is 7.20. The Labute approximate surface area is 94.7 Å². The van der Waals surface area contributed by atoms with Crippen LogP contribution in [-0.2, 0) is 6.42 Å². The van der Waals surface area contributed by atoms with Gasteiger partial charge in [-0.05, 0) is 30.7 Å². The molecule has 3 rings (SSSR count). The first-order valence-electron chi connectivity index (χ1n) is 5.72. The lowest BCUT2D eigenvalue weighted by Crippen LogP contribution is -1.92. The Morgan fingerprint density at radius 2 is 2.00 bits per heavy atom. The van der Waals surface area contributed by atoms with Gasteiger partial charge < -0.3 is 5.73 Å². The number of nitrogens with zero attached hydrogens (tertiary/aromatic N) is 1. The van der Waals surface area contributed by atoms with Gasteiger partial charge in [-0.3, -0.25) is 5.10 Å². The Morgan fingerprint density at radius 1 is 1.25 bits per heavy atom. The van der Waals surface area contributed by atoms with Crippen molar-refractivity contribution in [1.29, 1.82) is 0 Å². The molecule has 3 heteroatoms. The largest absolute Gasteiger partial charge is 0.382 e. The Kier molecular flexibility index (Phi) is 2.17. The highest BCUT2D eigenvalue weighted by Gasteiger charge is 2.24. The molecule has 0 saturated heterocycles. The smallest absolute Gasteiger partial charge is 0.153 e. The predicted molar refractivity (Wildman–Crippen MR) is 64.9 cm³/mol. The van der Waals surface area contributed by atoms with E-state index in [4.69, 9.17) is 5.73 Å². The second-order valence-electron chi connectivity index (χ2n) is 4.48. The van der Waals surface area contributed by atoms with Crippen molar-refractivity contribution in [3.05, 3.63) is 36.0 Å². The number of aromatic nitrogens is 2. The molecule has 1 aromatic carbocycles. The van der Waals surface area contributed by atoms with Crippen molar-refractivity contribution in [2.45, 2.75) is 19.3 Å². The Balaban J connectivity index is 2.01. The fourth-order valence-corrected chi connectivity index (χ4v) is 2.08. The fraction of sp³-hybridized carbons (Fsp3) is 0.308. The predicted octanol–water partition coefficient (Wildman–Crippen LogP) is 2.61. The molecule has 0 bridgehead atoms. The van der Waals surface area contributed by atoms with Crippen LogP contribution in [-0.4, -0.2) is 10.2 Å². The molecule has 2 aromatic rings. The molecule has 16 heavy (non-hydrogen) atoms. The number of nitrogens with one attached hydrogen (secondary N) is 1.